The first-order valence-corrected chi connectivity index (χ1v) is 13.7. The van der Waals surface area contributed by atoms with E-state index in [0.29, 0.717) is 35.8 Å². The molecule has 0 bridgehead atoms. The number of carbonyl (C=O) groups excluding carboxylic acids is 2. The maximum atomic E-state index is 13.2. The highest BCUT2D eigenvalue weighted by Crippen LogP contribution is 2.33. The minimum atomic E-state index is -0.128. The van der Waals surface area contributed by atoms with Gasteiger partial charge in [-0.25, -0.2) is 4.99 Å². The second-order valence-corrected chi connectivity index (χ2v) is 12.0. The van der Waals surface area contributed by atoms with Gasteiger partial charge in [-0.05, 0) is 56.2 Å². The van der Waals surface area contributed by atoms with Crippen molar-refractivity contribution in [2.75, 3.05) is 13.2 Å². The molecule has 1 unspecified atom stereocenters. The third-order valence-corrected chi connectivity index (χ3v) is 8.45. The Balaban J connectivity index is 1.64. The Morgan fingerprint density at radius 1 is 1.25 bits per heavy atom. The Kier molecular flexibility index (Phi) is 7.85. The second kappa shape index (κ2) is 10.7. The highest BCUT2D eigenvalue weighted by molar-refractivity contribution is 7.16. The number of H-pyrrole nitrogens is 1. The monoisotopic (exact) mass is 510 g/mol. The predicted octanol–water partition coefficient (Wildman–Crippen LogP) is 5.47. The minimum Gasteiger partial charge on any atom is -0.381 e. The van der Waals surface area contributed by atoms with Gasteiger partial charge in [0.05, 0.1) is 26.7 Å². The number of hydrogen-bond acceptors (Lipinski definition) is 5. The van der Waals surface area contributed by atoms with Gasteiger partial charge in [-0.2, -0.15) is 0 Å². The van der Waals surface area contributed by atoms with E-state index in [1.807, 2.05) is 19.9 Å². The highest BCUT2D eigenvalue weighted by atomic mass is 32.1. The van der Waals surface area contributed by atoms with Crippen LogP contribution in [0.2, 0.25) is 0 Å². The Labute approximate surface area is 217 Å². The molecule has 36 heavy (non-hydrogen) atoms. The van der Waals surface area contributed by atoms with E-state index < -0.39 is 0 Å². The topological polar surface area (TPSA) is 95.6 Å². The van der Waals surface area contributed by atoms with Crippen molar-refractivity contribution in [3.05, 3.63) is 50.5 Å². The molecule has 2 aromatic rings. The summed E-state index contributed by atoms with van der Waals surface area (Å²) in [6.07, 6.45) is 7.14. The van der Waals surface area contributed by atoms with Crippen LogP contribution in [0.1, 0.15) is 90.0 Å². The zero-order valence-electron chi connectivity index (χ0n) is 22.2. The summed E-state index contributed by atoms with van der Waals surface area (Å²) >= 11 is 1.46. The van der Waals surface area contributed by atoms with Crippen LogP contribution in [0.3, 0.4) is 0 Å². The van der Waals surface area contributed by atoms with Crippen LogP contribution >= 0.6 is 11.3 Å². The molecule has 0 spiro atoms. The van der Waals surface area contributed by atoms with Crippen LogP contribution in [-0.2, 0) is 11.2 Å². The molecule has 2 amide bonds. The summed E-state index contributed by atoms with van der Waals surface area (Å²) in [5.41, 5.74) is 5.08. The Bertz CT molecular complexity index is 1190. The molecule has 4 rings (SSSR count). The van der Waals surface area contributed by atoms with Crippen LogP contribution < -0.4 is 10.6 Å². The lowest BCUT2D eigenvalue weighted by Crippen LogP contribution is -2.41. The van der Waals surface area contributed by atoms with Crippen molar-refractivity contribution in [2.24, 2.45) is 10.4 Å². The standard InChI is InChI=1S/C28H38N4O3S/c1-7-18-13-21(23-12-16(2)25(36-23)27(34)31-19-8-10-35-11-9-19)32-24-20(15-29-22(24)14-18)26(33)30-17(3)28(4,5)6/h12-13,15,17,19,29H,7-11,14H2,1-6H3,(H,30,33)(H,31,34). The molecule has 1 saturated heterocycles. The molecule has 2 aromatic heterocycles. The van der Waals surface area contributed by atoms with Gasteiger partial charge in [0.25, 0.3) is 11.8 Å². The van der Waals surface area contributed by atoms with E-state index in [0.717, 1.165) is 41.1 Å². The number of nitrogens with one attached hydrogen (secondary N) is 3. The summed E-state index contributed by atoms with van der Waals surface area (Å²) in [7, 11) is 0. The predicted molar refractivity (Wildman–Crippen MR) is 146 cm³/mol. The quantitative estimate of drug-likeness (QED) is 0.481. The molecule has 0 saturated carbocycles. The number of carbonyl (C=O) groups is 2. The van der Waals surface area contributed by atoms with Gasteiger partial charge in [-0.1, -0.05) is 33.3 Å². The Morgan fingerprint density at radius 3 is 2.64 bits per heavy atom. The van der Waals surface area contributed by atoms with Gasteiger partial charge < -0.3 is 20.4 Å². The molecule has 0 aromatic carbocycles. The largest absolute Gasteiger partial charge is 0.381 e. The highest BCUT2D eigenvalue weighted by Gasteiger charge is 2.27. The van der Waals surface area contributed by atoms with Crippen LogP contribution in [0.5, 0.6) is 0 Å². The van der Waals surface area contributed by atoms with Crippen molar-refractivity contribution in [1.82, 2.24) is 15.6 Å². The first-order chi connectivity index (χ1) is 17.1. The number of rotatable bonds is 6. The number of aromatic nitrogens is 1. The van der Waals surface area contributed by atoms with Gasteiger partial charge in [0.2, 0.25) is 0 Å². The van der Waals surface area contributed by atoms with Crippen LogP contribution in [0.15, 0.2) is 28.9 Å². The smallest absolute Gasteiger partial charge is 0.261 e. The van der Waals surface area contributed by atoms with Crippen LogP contribution in [-0.4, -0.2) is 47.8 Å². The summed E-state index contributed by atoms with van der Waals surface area (Å²) in [6, 6.07) is 2.19. The summed E-state index contributed by atoms with van der Waals surface area (Å²) < 4.78 is 5.41. The number of ether oxygens (including phenoxy) is 1. The van der Waals surface area contributed by atoms with Gasteiger partial charge >= 0.3 is 0 Å². The molecule has 1 atom stereocenters. The maximum Gasteiger partial charge on any atom is 0.261 e. The van der Waals surface area contributed by atoms with Crippen LogP contribution in [0.4, 0.5) is 5.69 Å². The molecule has 8 heteroatoms. The number of amides is 2. The first kappa shape index (κ1) is 26.4. The van der Waals surface area contributed by atoms with Crippen LogP contribution in [0, 0.1) is 12.3 Å². The van der Waals surface area contributed by atoms with Gasteiger partial charge in [0, 0.05) is 43.6 Å². The average molecular weight is 511 g/mol. The zero-order chi connectivity index (χ0) is 26.0. The van der Waals surface area contributed by atoms with Crippen molar-refractivity contribution in [1.29, 1.82) is 0 Å². The third kappa shape index (κ3) is 5.81. The second-order valence-electron chi connectivity index (χ2n) is 10.9. The van der Waals surface area contributed by atoms with E-state index in [2.05, 4.69) is 49.4 Å². The van der Waals surface area contributed by atoms with Crippen LogP contribution in [0.25, 0.3) is 0 Å². The lowest BCUT2D eigenvalue weighted by Gasteiger charge is -2.28. The van der Waals surface area contributed by atoms with Crippen molar-refractivity contribution < 1.29 is 14.3 Å². The van der Waals surface area contributed by atoms with E-state index in [-0.39, 0.29) is 29.3 Å². The number of thiophene rings is 1. The van der Waals surface area contributed by atoms with E-state index >= 15 is 0 Å². The fraction of sp³-hybridized carbons (Fsp3) is 0.536. The summed E-state index contributed by atoms with van der Waals surface area (Å²) in [5, 5.41) is 6.30. The van der Waals surface area contributed by atoms with Crippen molar-refractivity contribution in [2.45, 2.75) is 79.3 Å². The molecule has 1 fully saturated rings. The fourth-order valence-electron chi connectivity index (χ4n) is 4.29. The maximum absolute atomic E-state index is 13.2. The van der Waals surface area contributed by atoms with Gasteiger partial charge in [0.15, 0.2) is 0 Å². The van der Waals surface area contributed by atoms with Gasteiger partial charge in [-0.15, -0.1) is 11.3 Å². The third-order valence-electron chi connectivity index (χ3n) is 7.19. The zero-order valence-corrected chi connectivity index (χ0v) is 23.0. The molecule has 0 aliphatic carbocycles. The molecule has 2 aliphatic heterocycles. The van der Waals surface area contributed by atoms with E-state index in [4.69, 9.17) is 9.73 Å². The number of aliphatic imine (C=N–C) groups is 1. The van der Waals surface area contributed by atoms with Crippen molar-refractivity contribution in [3.63, 3.8) is 0 Å². The van der Waals surface area contributed by atoms with Gasteiger partial charge in [0.1, 0.15) is 0 Å². The molecule has 0 radical (unpaired) electrons. The van der Waals surface area contributed by atoms with E-state index in [1.54, 1.807) is 6.20 Å². The normalized spacial score (nSPS) is 17.5. The Hall–Kier alpha value is -2.71. The SMILES string of the molecule is CCC1=CC(c2cc(C)c(C(=O)NC3CCOCC3)s2)=Nc2c(C(=O)NC(C)C(C)(C)C)c[nH]c2C1. The molecular weight excluding hydrogens is 472 g/mol. The lowest BCUT2D eigenvalue weighted by atomic mass is 9.88. The fourth-order valence-corrected chi connectivity index (χ4v) is 5.33. The molecule has 3 N–H and O–H groups in total. The number of hydrogen-bond donors (Lipinski definition) is 3. The summed E-state index contributed by atoms with van der Waals surface area (Å²) in [6.45, 7) is 13.8. The molecular formula is C28H38N4O3S. The van der Waals surface area contributed by atoms with Crippen molar-refractivity contribution in [3.8, 4) is 0 Å². The lowest BCUT2D eigenvalue weighted by molar-refractivity contribution is 0.0698. The molecule has 7 nitrogen and oxygen atoms in total. The summed E-state index contributed by atoms with van der Waals surface area (Å²) in [4.78, 5) is 36.2. The number of fused-ring (bicyclic) bond motifs is 1. The summed E-state index contributed by atoms with van der Waals surface area (Å²) in [5.74, 6) is -0.167. The molecule has 194 valence electrons. The Morgan fingerprint density at radius 2 is 1.97 bits per heavy atom. The molecule has 4 heterocycles. The van der Waals surface area contributed by atoms with E-state index in [9.17, 15) is 9.59 Å². The number of nitrogens with zero attached hydrogens (tertiary/aromatic N) is 1. The van der Waals surface area contributed by atoms with E-state index in [1.165, 1.54) is 16.9 Å². The van der Waals surface area contributed by atoms with Gasteiger partial charge in [-0.3, -0.25) is 9.59 Å². The number of allylic oxidation sites excluding steroid dienone is 2. The van der Waals surface area contributed by atoms with Crippen molar-refractivity contribution >= 4 is 34.6 Å². The minimum absolute atomic E-state index is 0.00542. The number of aryl methyl sites for hydroxylation is 1. The number of aromatic amines is 1. The average Bonchev–Trinajstić information content (AvgIpc) is 3.36. The molecule has 2 aliphatic rings. The first-order valence-electron chi connectivity index (χ1n) is 12.9.